The van der Waals surface area contributed by atoms with E-state index in [9.17, 15) is 0 Å². The number of hydrogen-bond donors (Lipinski definition) is 2. The van der Waals surface area contributed by atoms with Crippen LogP contribution in [0.3, 0.4) is 0 Å². The van der Waals surface area contributed by atoms with Crippen LogP contribution in [-0.2, 0) is 11.3 Å². The second-order valence-electron chi connectivity index (χ2n) is 5.09. The van der Waals surface area contributed by atoms with E-state index in [1.807, 2.05) is 13.8 Å². The minimum atomic E-state index is 0.422. The fraction of sp³-hybridized carbons (Fsp3) is 0.615. The molecular weight excluding hydrogens is 258 g/mol. The number of aromatic amines is 1. The molecule has 1 aliphatic rings. The Hall–Kier alpha value is -1.89. The molecule has 0 saturated carbocycles. The van der Waals surface area contributed by atoms with Crippen LogP contribution >= 0.6 is 0 Å². The Labute approximate surface area is 117 Å². The maximum Gasteiger partial charge on any atom is 0.242 e. The second-order valence-corrected chi connectivity index (χ2v) is 5.09. The number of nitrogens with one attached hydrogen (secondary N) is 2. The van der Waals surface area contributed by atoms with Gasteiger partial charge in [0.05, 0.1) is 5.69 Å². The molecule has 0 spiro atoms. The summed E-state index contributed by atoms with van der Waals surface area (Å²) in [6, 6.07) is 0. The average Bonchev–Trinajstić information content (AvgIpc) is 3.06. The maximum atomic E-state index is 5.36. The normalized spacial score (nSPS) is 16.5. The molecule has 1 aliphatic heterocycles. The predicted molar refractivity (Wildman–Crippen MR) is 72.5 cm³/mol. The van der Waals surface area contributed by atoms with E-state index in [1.165, 1.54) is 0 Å². The molecule has 3 heterocycles. The topological polar surface area (TPSA) is 88.9 Å². The van der Waals surface area contributed by atoms with Crippen LogP contribution in [0.15, 0.2) is 4.52 Å². The van der Waals surface area contributed by atoms with Gasteiger partial charge in [0.25, 0.3) is 0 Å². The molecule has 0 aliphatic carbocycles. The molecule has 1 fully saturated rings. The largest absolute Gasteiger partial charge is 0.381 e. The van der Waals surface area contributed by atoms with Crippen molar-refractivity contribution >= 4 is 5.95 Å². The first-order valence-corrected chi connectivity index (χ1v) is 6.89. The van der Waals surface area contributed by atoms with E-state index in [2.05, 4.69) is 25.7 Å². The SMILES string of the molecule is Cc1noc(C)c1CNc1n[nH]c(C2CCOCC2)n1. The van der Waals surface area contributed by atoms with Gasteiger partial charge in [0.15, 0.2) is 0 Å². The Morgan fingerprint density at radius 1 is 1.30 bits per heavy atom. The van der Waals surface area contributed by atoms with Gasteiger partial charge in [-0.2, -0.15) is 4.98 Å². The molecule has 7 heteroatoms. The van der Waals surface area contributed by atoms with Crippen LogP contribution in [0, 0.1) is 13.8 Å². The molecule has 1 saturated heterocycles. The Kier molecular flexibility index (Phi) is 3.68. The summed E-state index contributed by atoms with van der Waals surface area (Å²) in [6.07, 6.45) is 2.00. The lowest BCUT2D eigenvalue weighted by Gasteiger charge is -2.19. The van der Waals surface area contributed by atoms with Crippen molar-refractivity contribution in [3.63, 3.8) is 0 Å². The predicted octanol–water partition coefficient (Wildman–Crippen LogP) is 1.92. The lowest BCUT2D eigenvalue weighted by Crippen LogP contribution is -2.15. The third-order valence-electron chi connectivity index (χ3n) is 3.72. The highest BCUT2D eigenvalue weighted by Crippen LogP contribution is 2.24. The fourth-order valence-corrected chi connectivity index (χ4v) is 2.43. The maximum absolute atomic E-state index is 5.36. The summed E-state index contributed by atoms with van der Waals surface area (Å²) in [4.78, 5) is 4.51. The highest BCUT2D eigenvalue weighted by Gasteiger charge is 2.19. The number of hydrogen-bond acceptors (Lipinski definition) is 6. The third kappa shape index (κ3) is 2.67. The first-order chi connectivity index (χ1) is 9.74. The van der Waals surface area contributed by atoms with E-state index < -0.39 is 0 Å². The molecular formula is C13H19N5O2. The minimum Gasteiger partial charge on any atom is -0.381 e. The third-order valence-corrected chi connectivity index (χ3v) is 3.72. The molecule has 0 bridgehead atoms. The van der Waals surface area contributed by atoms with Gasteiger partial charge in [-0.05, 0) is 26.7 Å². The summed E-state index contributed by atoms with van der Waals surface area (Å²) in [7, 11) is 0. The van der Waals surface area contributed by atoms with Crippen LogP contribution in [0.2, 0.25) is 0 Å². The Morgan fingerprint density at radius 3 is 2.80 bits per heavy atom. The van der Waals surface area contributed by atoms with Crippen LogP contribution in [0.1, 0.15) is 41.6 Å². The van der Waals surface area contributed by atoms with E-state index >= 15 is 0 Å². The van der Waals surface area contributed by atoms with Crippen molar-refractivity contribution < 1.29 is 9.26 Å². The molecule has 20 heavy (non-hydrogen) atoms. The van der Waals surface area contributed by atoms with Crippen molar-refractivity contribution in [2.75, 3.05) is 18.5 Å². The van der Waals surface area contributed by atoms with E-state index in [-0.39, 0.29) is 0 Å². The van der Waals surface area contributed by atoms with Crippen molar-refractivity contribution in [2.45, 2.75) is 39.2 Å². The quantitative estimate of drug-likeness (QED) is 0.887. The highest BCUT2D eigenvalue weighted by atomic mass is 16.5. The summed E-state index contributed by atoms with van der Waals surface area (Å²) in [5.41, 5.74) is 1.96. The van der Waals surface area contributed by atoms with Gasteiger partial charge >= 0.3 is 0 Å². The zero-order chi connectivity index (χ0) is 13.9. The number of aromatic nitrogens is 4. The van der Waals surface area contributed by atoms with Gasteiger partial charge in [-0.3, -0.25) is 5.10 Å². The Balaban J connectivity index is 1.62. The monoisotopic (exact) mass is 277 g/mol. The van der Waals surface area contributed by atoms with Crippen molar-refractivity contribution in [1.82, 2.24) is 20.3 Å². The van der Waals surface area contributed by atoms with Gasteiger partial charge in [-0.15, -0.1) is 5.10 Å². The molecule has 3 rings (SSSR count). The molecule has 108 valence electrons. The molecule has 2 N–H and O–H groups in total. The first-order valence-electron chi connectivity index (χ1n) is 6.89. The summed E-state index contributed by atoms with van der Waals surface area (Å²) < 4.78 is 10.5. The molecule has 0 radical (unpaired) electrons. The van der Waals surface area contributed by atoms with Crippen LogP contribution in [-0.4, -0.2) is 33.6 Å². The number of H-pyrrole nitrogens is 1. The number of nitrogens with zero attached hydrogens (tertiary/aromatic N) is 3. The van der Waals surface area contributed by atoms with Gasteiger partial charge in [-0.1, -0.05) is 5.16 Å². The number of rotatable bonds is 4. The summed E-state index contributed by atoms with van der Waals surface area (Å²) in [5, 5.41) is 14.4. The molecule has 7 nitrogen and oxygen atoms in total. The molecule has 2 aromatic rings. The number of anilines is 1. The van der Waals surface area contributed by atoms with Crippen molar-refractivity contribution in [3.8, 4) is 0 Å². The molecule has 2 aromatic heterocycles. The van der Waals surface area contributed by atoms with Gasteiger partial charge < -0.3 is 14.6 Å². The lowest BCUT2D eigenvalue weighted by molar-refractivity contribution is 0.0836. The molecule has 0 aromatic carbocycles. The van der Waals surface area contributed by atoms with E-state index in [1.54, 1.807) is 0 Å². The molecule has 0 atom stereocenters. The van der Waals surface area contributed by atoms with Crippen molar-refractivity contribution in [3.05, 3.63) is 22.8 Å². The van der Waals surface area contributed by atoms with Gasteiger partial charge in [0, 0.05) is 31.2 Å². The fourth-order valence-electron chi connectivity index (χ4n) is 2.43. The molecule has 0 amide bonds. The summed E-state index contributed by atoms with van der Waals surface area (Å²) in [5.74, 6) is 2.81. The Bertz CT molecular complexity index is 552. The van der Waals surface area contributed by atoms with Gasteiger partial charge in [0.2, 0.25) is 5.95 Å². The summed E-state index contributed by atoms with van der Waals surface area (Å²) >= 11 is 0. The van der Waals surface area contributed by atoms with E-state index in [0.29, 0.717) is 18.4 Å². The van der Waals surface area contributed by atoms with Crippen LogP contribution in [0.5, 0.6) is 0 Å². The number of aryl methyl sites for hydroxylation is 2. The van der Waals surface area contributed by atoms with Crippen molar-refractivity contribution in [2.24, 2.45) is 0 Å². The second kappa shape index (κ2) is 5.62. The van der Waals surface area contributed by atoms with Crippen LogP contribution in [0.25, 0.3) is 0 Å². The molecule has 0 unspecified atom stereocenters. The number of ether oxygens (including phenoxy) is 1. The van der Waals surface area contributed by atoms with E-state index in [0.717, 1.165) is 48.9 Å². The lowest BCUT2D eigenvalue weighted by atomic mass is 10.00. The smallest absolute Gasteiger partial charge is 0.242 e. The average molecular weight is 277 g/mol. The zero-order valence-electron chi connectivity index (χ0n) is 11.8. The standard InChI is InChI=1S/C13H19N5O2/c1-8-11(9(2)20-18-8)7-14-13-15-12(16-17-13)10-3-5-19-6-4-10/h10H,3-7H2,1-2H3,(H2,14,15,16,17). The van der Waals surface area contributed by atoms with Gasteiger partial charge in [0.1, 0.15) is 11.6 Å². The minimum absolute atomic E-state index is 0.422. The van der Waals surface area contributed by atoms with Crippen LogP contribution in [0.4, 0.5) is 5.95 Å². The Morgan fingerprint density at radius 2 is 2.10 bits per heavy atom. The van der Waals surface area contributed by atoms with Crippen molar-refractivity contribution in [1.29, 1.82) is 0 Å². The van der Waals surface area contributed by atoms with Crippen LogP contribution < -0.4 is 5.32 Å². The summed E-state index contributed by atoms with van der Waals surface area (Å²) in [6.45, 7) is 6.05. The zero-order valence-corrected chi connectivity index (χ0v) is 11.8. The van der Waals surface area contributed by atoms with Gasteiger partial charge in [-0.25, -0.2) is 0 Å². The van der Waals surface area contributed by atoms with E-state index in [4.69, 9.17) is 9.26 Å². The highest BCUT2D eigenvalue weighted by molar-refractivity contribution is 5.29. The first kappa shape index (κ1) is 13.1.